The third-order valence-electron chi connectivity index (χ3n) is 7.78. The highest BCUT2D eigenvalue weighted by Crippen LogP contribution is 2.42. The van der Waals surface area contributed by atoms with Gasteiger partial charge in [0.1, 0.15) is 5.76 Å². The molecule has 3 aromatic carbocycles. The number of nitrogens with zero attached hydrogens (tertiary/aromatic N) is 1. The molecule has 0 radical (unpaired) electrons. The van der Waals surface area contributed by atoms with E-state index in [1.54, 1.807) is 4.90 Å². The van der Waals surface area contributed by atoms with Gasteiger partial charge in [-0.15, -0.1) is 0 Å². The summed E-state index contributed by atoms with van der Waals surface area (Å²) in [6, 6.07) is 18.6. The van der Waals surface area contributed by atoms with Crippen LogP contribution in [0.3, 0.4) is 0 Å². The van der Waals surface area contributed by atoms with E-state index >= 15 is 0 Å². The summed E-state index contributed by atoms with van der Waals surface area (Å²) in [4.78, 5) is 28.8. The Morgan fingerprint density at radius 2 is 1.48 bits per heavy atom. The maximum atomic E-state index is 13.7. The average molecular weight is 540 g/mol. The molecule has 6 heteroatoms. The number of amides is 1. The normalized spacial score (nSPS) is 18.5. The molecule has 2 aliphatic heterocycles. The topological polar surface area (TPSA) is 76.1 Å². The van der Waals surface area contributed by atoms with Crippen LogP contribution in [0, 0.1) is 6.92 Å². The van der Waals surface area contributed by atoms with Crippen LogP contribution < -0.4 is 9.47 Å². The summed E-state index contributed by atoms with van der Waals surface area (Å²) in [7, 11) is 0. The SMILES string of the molecule is Cc1ccc(C(C)(C)C)cc1/C(O)=C1\C(=O)C(=O)N(Cc2ccc3c(c2)OCO3)C1c1ccc(C(C)(C)C)cc1. The number of carbonyl (C=O) groups is 2. The maximum absolute atomic E-state index is 13.7. The Hall–Kier alpha value is -4.06. The Morgan fingerprint density at radius 1 is 0.850 bits per heavy atom. The number of ether oxygens (including phenoxy) is 2. The monoisotopic (exact) mass is 539 g/mol. The Morgan fingerprint density at radius 3 is 2.12 bits per heavy atom. The Kier molecular flexibility index (Phi) is 6.77. The second-order valence-electron chi connectivity index (χ2n) is 12.8. The molecule has 40 heavy (non-hydrogen) atoms. The molecule has 0 saturated carbocycles. The van der Waals surface area contributed by atoms with Crippen LogP contribution in [0.1, 0.15) is 81.0 Å². The zero-order valence-corrected chi connectivity index (χ0v) is 24.3. The fourth-order valence-electron chi connectivity index (χ4n) is 5.28. The molecule has 1 fully saturated rings. The van der Waals surface area contributed by atoms with Crippen LogP contribution >= 0.6 is 0 Å². The molecule has 1 saturated heterocycles. The lowest BCUT2D eigenvalue weighted by molar-refractivity contribution is -0.140. The zero-order chi connectivity index (χ0) is 29.0. The van der Waals surface area contributed by atoms with Gasteiger partial charge in [0.2, 0.25) is 6.79 Å². The molecule has 3 aromatic rings. The zero-order valence-electron chi connectivity index (χ0n) is 24.3. The summed E-state index contributed by atoms with van der Waals surface area (Å²) < 4.78 is 11.0. The lowest BCUT2D eigenvalue weighted by Crippen LogP contribution is -2.29. The third kappa shape index (κ3) is 4.99. The molecule has 2 heterocycles. The van der Waals surface area contributed by atoms with Gasteiger partial charge in [0, 0.05) is 12.1 Å². The Balaban J connectivity index is 1.65. The van der Waals surface area contributed by atoms with Crippen molar-refractivity contribution in [3.8, 4) is 11.5 Å². The number of Topliss-reactive ketones (excluding diaryl/α,β-unsaturated/α-hetero) is 1. The first-order chi connectivity index (χ1) is 18.8. The molecule has 1 amide bonds. The molecule has 5 rings (SSSR count). The summed E-state index contributed by atoms with van der Waals surface area (Å²) in [6.07, 6.45) is 0. The van der Waals surface area contributed by atoms with E-state index in [-0.39, 0.29) is 35.5 Å². The number of aryl methyl sites for hydroxylation is 1. The number of hydrogen-bond acceptors (Lipinski definition) is 5. The number of fused-ring (bicyclic) bond motifs is 1. The number of aliphatic hydroxyl groups excluding tert-OH is 1. The number of hydrogen-bond donors (Lipinski definition) is 1. The lowest BCUT2D eigenvalue weighted by atomic mass is 9.84. The minimum absolute atomic E-state index is 0.0582. The van der Waals surface area contributed by atoms with E-state index in [0.29, 0.717) is 17.1 Å². The van der Waals surface area contributed by atoms with Gasteiger partial charge < -0.3 is 19.5 Å². The molecule has 1 unspecified atom stereocenters. The van der Waals surface area contributed by atoms with Gasteiger partial charge in [-0.05, 0) is 63.8 Å². The first kappa shape index (κ1) is 27.5. The van der Waals surface area contributed by atoms with E-state index < -0.39 is 17.7 Å². The highest BCUT2D eigenvalue weighted by Gasteiger charge is 2.46. The molecule has 0 aromatic heterocycles. The fourth-order valence-corrected chi connectivity index (χ4v) is 5.28. The van der Waals surface area contributed by atoms with E-state index in [9.17, 15) is 14.7 Å². The average Bonchev–Trinajstić information content (AvgIpc) is 3.45. The van der Waals surface area contributed by atoms with Crippen LogP contribution in [0.15, 0.2) is 66.2 Å². The van der Waals surface area contributed by atoms with E-state index in [0.717, 1.165) is 27.8 Å². The third-order valence-corrected chi connectivity index (χ3v) is 7.78. The van der Waals surface area contributed by atoms with Crippen LogP contribution in [-0.2, 0) is 27.0 Å². The van der Waals surface area contributed by atoms with Gasteiger partial charge in [-0.3, -0.25) is 9.59 Å². The van der Waals surface area contributed by atoms with Gasteiger partial charge in [0.15, 0.2) is 11.5 Å². The summed E-state index contributed by atoms with van der Waals surface area (Å²) in [5.41, 5.74) is 5.00. The first-order valence-corrected chi connectivity index (χ1v) is 13.6. The number of ketones is 1. The van der Waals surface area contributed by atoms with Crippen molar-refractivity contribution in [2.75, 3.05) is 6.79 Å². The van der Waals surface area contributed by atoms with Crippen LogP contribution in [0.2, 0.25) is 0 Å². The molecule has 6 nitrogen and oxygen atoms in total. The number of rotatable bonds is 4. The molecular formula is C34H37NO5. The van der Waals surface area contributed by atoms with Gasteiger partial charge in [-0.25, -0.2) is 0 Å². The van der Waals surface area contributed by atoms with Crippen molar-refractivity contribution in [3.05, 3.63) is 99.6 Å². The Bertz CT molecular complexity index is 1520. The van der Waals surface area contributed by atoms with Gasteiger partial charge in [0.05, 0.1) is 11.6 Å². The molecule has 2 aliphatic rings. The Labute approximate surface area is 236 Å². The fraction of sp³-hybridized carbons (Fsp3) is 0.353. The van der Waals surface area contributed by atoms with Crippen molar-refractivity contribution < 1.29 is 24.2 Å². The summed E-state index contributed by atoms with van der Waals surface area (Å²) in [5, 5.41) is 11.7. The molecule has 0 bridgehead atoms. The van der Waals surface area contributed by atoms with Gasteiger partial charge in [-0.1, -0.05) is 84.0 Å². The number of benzene rings is 3. The smallest absolute Gasteiger partial charge is 0.295 e. The second kappa shape index (κ2) is 9.84. The highest BCUT2D eigenvalue weighted by molar-refractivity contribution is 6.46. The summed E-state index contributed by atoms with van der Waals surface area (Å²) >= 11 is 0. The lowest BCUT2D eigenvalue weighted by Gasteiger charge is -2.27. The summed E-state index contributed by atoms with van der Waals surface area (Å²) in [5.74, 6) is -0.235. The predicted molar refractivity (Wildman–Crippen MR) is 155 cm³/mol. The molecule has 208 valence electrons. The van der Waals surface area contributed by atoms with Crippen molar-refractivity contribution >= 4 is 17.4 Å². The number of aliphatic hydroxyl groups is 1. The van der Waals surface area contributed by atoms with Crippen molar-refractivity contribution in [3.63, 3.8) is 0 Å². The summed E-state index contributed by atoms with van der Waals surface area (Å²) in [6.45, 7) is 14.9. The second-order valence-corrected chi connectivity index (χ2v) is 12.8. The van der Waals surface area contributed by atoms with Gasteiger partial charge in [-0.2, -0.15) is 0 Å². The van der Waals surface area contributed by atoms with Crippen LogP contribution in [0.5, 0.6) is 11.5 Å². The number of likely N-dealkylation sites (tertiary alicyclic amines) is 1. The van der Waals surface area contributed by atoms with Crippen LogP contribution in [-0.4, -0.2) is 28.5 Å². The molecular weight excluding hydrogens is 502 g/mol. The highest BCUT2D eigenvalue weighted by atomic mass is 16.7. The van der Waals surface area contributed by atoms with Crippen molar-refractivity contribution in [1.29, 1.82) is 0 Å². The van der Waals surface area contributed by atoms with E-state index in [2.05, 4.69) is 41.5 Å². The number of carbonyl (C=O) groups excluding carboxylic acids is 2. The van der Waals surface area contributed by atoms with Gasteiger partial charge >= 0.3 is 0 Å². The van der Waals surface area contributed by atoms with E-state index in [4.69, 9.17) is 9.47 Å². The van der Waals surface area contributed by atoms with E-state index in [1.807, 2.05) is 67.6 Å². The van der Waals surface area contributed by atoms with E-state index in [1.165, 1.54) is 0 Å². The van der Waals surface area contributed by atoms with Gasteiger partial charge in [0.25, 0.3) is 11.7 Å². The minimum atomic E-state index is -0.753. The largest absolute Gasteiger partial charge is 0.507 e. The van der Waals surface area contributed by atoms with Crippen molar-refractivity contribution in [2.24, 2.45) is 0 Å². The predicted octanol–water partition coefficient (Wildman–Crippen LogP) is 6.94. The standard InChI is InChI=1S/C34H37NO5/c1-20-8-12-24(34(5,6)7)17-25(20)30(36)28-29(22-10-13-23(14-11-22)33(2,3)4)35(32(38)31(28)37)18-21-9-15-26-27(16-21)40-19-39-26/h8-17,29,36H,18-19H2,1-7H3/b30-28+. The first-order valence-electron chi connectivity index (χ1n) is 13.6. The van der Waals surface area contributed by atoms with Crippen molar-refractivity contribution in [1.82, 2.24) is 4.90 Å². The maximum Gasteiger partial charge on any atom is 0.295 e. The molecule has 0 spiro atoms. The molecule has 0 aliphatic carbocycles. The molecule has 1 N–H and O–H groups in total. The minimum Gasteiger partial charge on any atom is -0.507 e. The van der Waals surface area contributed by atoms with Crippen LogP contribution in [0.25, 0.3) is 5.76 Å². The quantitative estimate of drug-likeness (QED) is 0.221. The van der Waals surface area contributed by atoms with Crippen LogP contribution in [0.4, 0.5) is 0 Å². The van der Waals surface area contributed by atoms with Crippen molar-refractivity contribution in [2.45, 2.75) is 71.9 Å². The molecule has 1 atom stereocenters.